The van der Waals surface area contributed by atoms with Gasteiger partial charge >= 0.3 is 0 Å². The van der Waals surface area contributed by atoms with Crippen LogP contribution in [-0.2, 0) is 0 Å². The van der Waals surface area contributed by atoms with Gasteiger partial charge in [-0.2, -0.15) is 5.26 Å². The zero-order valence-corrected chi connectivity index (χ0v) is 28.1. The van der Waals surface area contributed by atoms with E-state index in [0.29, 0.717) is 72.6 Å². The van der Waals surface area contributed by atoms with Crippen LogP contribution in [-0.4, -0.2) is 112 Å². The lowest BCUT2D eigenvalue weighted by atomic mass is 9.93. The maximum Gasteiger partial charge on any atom is 0.254 e. The smallest absolute Gasteiger partial charge is 0.254 e. The fourth-order valence-corrected chi connectivity index (χ4v) is 6.76. The van der Waals surface area contributed by atoms with E-state index < -0.39 is 31.0 Å². The molecule has 1 amide bonds. The number of hydrogen-bond donors (Lipinski definition) is 4. The molecular weight excluding hydrogens is 655 g/mol. The summed E-state index contributed by atoms with van der Waals surface area (Å²) in [5, 5.41) is 52.9. The van der Waals surface area contributed by atoms with Crippen molar-refractivity contribution in [1.29, 1.82) is 5.26 Å². The van der Waals surface area contributed by atoms with Gasteiger partial charge in [0, 0.05) is 51.3 Å². The van der Waals surface area contributed by atoms with Crippen molar-refractivity contribution in [3.8, 4) is 6.07 Å². The van der Waals surface area contributed by atoms with Gasteiger partial charge < -0.3 is 34.6 Å². The van der Waals surface area contributed by atoms with E-state index in [1.807, 2.05) is 41.3 Å². The van der Waals surface area contributed by atoms with Gasteiger partial charge in [-0.15, -0.1) is 0 Å². The first-order chi connectivity index (χ1) is 23.1. The minimum Gasteiger partial charge on any atom is -0.468 e. The van der Waals surface area contributed by atoms with E-state index in [4.69, 9.17) is 27.6 Å². The minimum atomic E-state index is -1.56. The van der Waals surface area contributed by atoms with Crippen molar-refractivity contribution in [2.45, 2.75) is 36.7 Å². The van der Waals surface area contributed by atoms with Crippen LogP contribution in [0.3, 0.4) is 0 Å². The van der Waals surface area contributed by atoms with E-state index in [0.717, 1.165) is 16.3 Å². The fourth-order valence-electron chi connectivity index (χ4n) is 6.45. The molecule has 2 heterocycles. The van der Waals surface area contributed by atoms with E-state index >= 15 is 0 Å². The van der Waals surface area contributed by atoms with Crippen LogP contribution in [0.15, 0.2) is 77.4 Å². The van der Waals surface area contributed by atoms with Gasteiger partial charge in [-0.3, -0.25) is 9.69 Å². The SMILES string of the molecule is CN(C[C@@H](CCN1CCN([C@@H](c2ccco2)[C@H](O)[C@@H](O)[C@H](O)CO)CC1)c1ccc(Cl)c(Cl)c1)C(=O)c1cc(C#N)cc2ccccc12. The Hall–Kier alpha value is -3.50. The summed E-state index contributed by atoms with van der Waals surface area (Å²) in [6, 6.07) is 21.4. The number of rotatable bonds is 13. The second-order valence-electron chi connectivity index (χ2n) is 12.3. The number of piperazine rings is 1. The van der Waals surface area contributed by atoms with Gasteiger partial charge in [-0.25, -0.2) is 0 Å². The molecule has 1 saturated heterocycles. The number of benzene rings is 3. The van der Waals surface area contributed by atoms with Crippen LogP contribution in [0.2, 0.25) is 10.0 Å². The zero-order chi connectivity index (χ0) is 34.4. The molecule has 1 aliphatic heterocycles. The lowest BCUT2D eigenvalue weighted by Gasteiger charge is -2.41. The molecule has 5 atom stereocenters. The Morgan fingerprint density at radius 3 is 2.40 bits per heavy atom. The van der Waals surface area contributed by atoms with Crippen LogP contribution in [0.25, 0.3) is 10.8 Å². The Balaban J connectivity index is 1.29. The lowest BCUT2D eigenvalue weighted by Crippen LogP contribution is -2.53. The highest BCUT2D eigenvalue weighted by Gasteiger charge is 2.38. The van der Waals surface area contributed by atoms with Gasteiger partial charge in [0.25, 0.3) is 5.91 Å². The van der Waals surface area contributed by atoms with Crippen molar-refractivity contribution >= 4 is 39.9 Å². The van der Waals surface area contributed by atoms with Gasteiger partial charge in [0.2, 0.25) is 0 Å². The molecule has 0 spiro atoms. The number of aliphatic hydroxyl groups excluding tert-OH is 4. The number of carbonyl (C=O) groups is 1. The summed E-state index contributed by atoms with van der Waals surface area (Å²) >= 11 is 12.7. The average molecular weight is 696 g/mol. The Morgan fingerprint density at radius 1 is 0.979 bits per heavy atom. The molecule has 1 aliphatic rings. The molecule has 12 heteroatoms. The van der Waals surface area contributed by atoms with Crippen LogP contribution in [0.1, 0.15) is 45.6 Å². The molecule has 254 valence electrons. The van der Waals surface area contributed by atoms with Gasteiger partial charge in [-0.1, -0.05) is 53.5 Å². The molecule has 10 nitrogen and oxygen atoms in total. The lowest BCUT2D eigenvalue weighted by molar-refractivity contribution is -0.111. The van der Waals surface area contributed by atoms with Crippen molar-refractivity contribution in [2.75, 3.05) is 52.9 Å². The molecule has 5 rings (SSSR count). The first kappa shape index (κ1) is 35.8. The van der Waals surface area contributed by atoms with Crippen LogP contribution in [0.4, 0.5) is 0 Å². The topological polar surface area (TPSA) is 145 Å². The number of nitrogens with zero attached hydrogens (tertiary/aromatic N) is 4. The largest absolute Gasteiger partial charge is 0.468 e. The third-order valence-electron chi connectivity index (χ3n) is 9.16. The number of halogens is 2. The summed E-state index contributed by atoms with van der Waals surface area (Å²) in [7, 11) is 1.77. The molecule has 4 N–H and O–H groups in total. The Bertz CT molecular complexity index is 1720. The Labute approximate surface area is 289 Å². The van der Waals surface area contributed by atoms with Crippen LogP contribution in [0.5, 0.6) is 0 Å². The van der Waals surface area contributed by atoms with Crippen molar-refractivity contribution < 1.29 is 29.6 Å². The molecule has 4 aromatic rings. The molecule has 0 unspecified atom stereocenters. The van der Waals surface area contributed by atoms with Crippen molar-refractivity contribution in [1.82, 2.24) is 14.7 Å². The van der Waals surface area contributed by atoms with Crippen LogP contribution >= 0.6 is 23.2 Å². The molecule has 48 heavy (non-hydrogen) atoms. The zero-order valence-electron chi connectivity index (χ0n) is 26.6. The first-order valence-electron chi connectivity index (χ1n) is 15.9. The summed E-state index contributed by atoms with van der Waals surface area (Å²) in [5.74, 6) is 0.198. The number of likely N-dealkylation sites (N-methyl/N-ethyl adjacent to an activating group) is 1. The van der Waals surface area contributed by atoms with Crippen molar-refractivity contribution in [3.05, 3.63) is 105 Å². The molecule has 0 bridgehead atoms. The molecular formula is C36H40Cl2N4O6. The summed E-state index contributed by atoms with van der Waals surface area (Å²) in [4.78, 5) is 19.9. The number of fused-ring (bicyclic) bond motifs is 1. The standard InChI is InChI=1S/C36H40Cl2N4O6/c1-40(36(47)28-18-23(20-39)17-25-5-2-3-6-27(25)28)21-26(24-8-9-29(37)30(38)19-24)10-11-41-12-14-42(15-13-41)33(32-7-4-16-48-32)35(46)34(45)31(44)22-43/h2-9,16-19,26,31,33-35,43-46H,10-15,21-22H2,1H3/t26-,31-,33+,34+,35+/m1/s1. The number of hydrogen-bond acceptors (Lipinski definition) is 9. The molecule has 3 aromatic carbocycles. The number of amides is 1. The molecule has 0 aliphatic carbocycles. The Kier molecular flexibility index (Phi) is 12.1. The third kappa shape index (κ3) is 8.20. The first-order valence-corrected chi connectivity index (χ1v) is 16.6. The van der Waals surface area contributed by atoms with Crippen molar-refractivity contribution in [3.63, 3.8) is 0 Å². The maximum absolute atomic E-state index is 13.9. The Morgan fingerprint density at radius 2 is 1.73 bits per heavy atom. The van der Waals surface area contributed by atoms with Crippen molar-refractivity contribution in [2.24, 2.45) is 0 Å². The summed E-state index contributed by atoms with van der Waals surface area (Å²) in [5.41, 5.74) is 1.85. The molecule has 0 saturated carbocycles. The van der Waals surface area contributed by atoms with Gasteiger partial charge in [0.15, 0.2) is 0 Å². The molecule has 1 fully saturated rings. The second-order valence-corrected chi connectivity index (χ2v) is 13.1. The van der Waals surface area contributed by atoms with E-state index in [9.17, 15) is 30.5 Å². The quantitative estimate of drug-likeness (QED) is 0.161. The summed E-state index contributed by atoms with van der Waals surface area (Å²) in [6.07, 6.45) is -2.23. The molecule has 1 aromatic heterocycles. The van der Waals surface area contributed by atoms with E-state index in [1.165, 1.54) is 6.26 Å². The summed E-state index contributed by atoms with van der Waals surface area (Å²) in [6.45, 7) is 2.88. The van der Waals surface area contributed by atoms with E-state index in [2.05, 4.69) is 11.0 Å². The van der Waals surface area contributed by atoms with Gasteiger partial charge in [0.05, 0.1) is 40.6 Å². The monoisotopic (exact) mass is 694 g/mol. The normalized spacial score (nSPS) is 17.4. The minimum absolute atomic E-state index is 0.0787. The summed E-state index contributed by atoms with van der Waals surface area (Å²) < 4.78 is 5.59. The highest BCUT2D eigenvalue weighted by Crippen LogP contribution is 2.32. The highest BCUT2D eigenvalue weighted by atomic mass is 35.5. The van der Waals surface area contributed by atoms with Crippen LogP contribution in [0, 0.1) is 11.3 Å². The predicted molar refractivity (Wildman–Crippen MR) is 184 cm³/mol. The number of nitriles is 1. The van der Waals surface area contributed by atoms with Crippen LogP contribution < -0.4 is 0 Å². The maximum atomic E-state index is 13.9. The van der Waals surface area contributed by atoms with Gasteiger partial charge in [0.1, 0.15) is 24.1 Å². The predicted octanol–water partition coefficient (Wildman–Crippen LogP) is 4.29. The van der Waals surface area contributed by atoms with E-state index in [1.54, 1.807) is 42.3 Å². The van der Waals surface area contributed by atoms with Gasteiger partial charge in [-0.05, 0) is 65.7 Å². The number of aliphatic hydroxyl groups is 4. The fraction of sp³-hybridized carbons (Fsp3) is 0.389. The average Bonchev–Trinajstić information content (AvgIpc) is 3.64. The molecule has 0 radical (unpaired) electrons. The van der Waals surface area contributed by atoms with E-state index in [-0.39, 0.29) is 11.8 Å². The number of furan rings is 1. The third-order valence-corrected chi connectivity index (χ3v) is 9.90. The number of carbonyl (C=O) groups excluding carboxylic acids is 1. The highest BCUT2D eigenvalue weighted by molar-refractivity contribution is 6.42. The second kappa shape index (κ2) is 16.3.